The van der Waals surface area contributed by atoms with Gasteiger partial charge in [-0.3, -0.25) is 14.5 Å². The lowest BCUT2D eigenvalue weighted by molar-refractivity contribution is -0.262. The second-order valence-electron chi connectivity index (χ2n) is 7.06. The van der Waals surface area contributed by atoms with Gasteiger partial charge in [-0.15, -0.1) is 0 Å². The second kappa shape index (κ2) is 10.3. The molecule has 1 aliphatic heterocycles. The van der Waals surface area contributed by atoms with Gasteiger partial charge in [-0.1, -0.05) is 32.0 Å². The fourth-order valence-corrected chi connectivity index (χ4v) is 3.98. The number of alkyl halides is 1. The molecule has 1 saturated heterocycles. The Balaban J connectivity index is 2.21. The van der Waals surface area contributed by atoms with Crippen molar-refractivity contribution in [2.24, 2.45) is 11.8 Å². The van der Waals surface area contributed by atoms with Crippen LogP contribution in [0.5, 0.6) is 5.75 Å². The highest BCUT2D eigenvalue weighted by Gasteiger charge is 2.49. The molecule has 3 unspecified atom stereocenters. The molecule has 9 nitrogen and oxygen atoms in total. The topological polar surface area (TPSA) is 118 Å². The van der Waals surface area contributed by atoms with Crippen LogP contribution in [0.3, 0.4) is 0 Å². The summed E-state index contributed by atoms with van der Waals surface area (Å²) >= 11 is 0. The van der Waals surface area contributed by atoms with E-state index in [1.54, 1.807) is 32.0 Å². The van der Waals surface area contributed by atoms with Gasteiger partial charge in [-0.2, -0.15) is 0 Å². The molecule has 0 saturated carbocycles. The lowest BCUT2D eigenvalue weighted by Gasteiger charge is -2.44. The number of ether oxygens (including phenoxy) is 3. The Bertz CT molecular complexity index is 775. The first-order valence-corrected chi connectivity index (χ1v) is 10.9. The predicted molar refractivity (Wildman–Crippen MR) is 102 cm³/mol. The summed E-state index contributed by atoms with van der Waals surface area (Å²) in [6.07, 6.45) is -5.55. The molecule has 1 N–H and O–H groups in total. The lowest BCUT2D eigenvalue weighted by Crippen LogP contribution is -2.55. The monoisotopic (exact) mass is 448 g/mol. The van der Waals surface area contributed by atoms with E-state index in [0.29, 0.717) is 0 Å². The summed E-state index contributed by atoms with van der Waals surface area (Å²) in [6.45, 7) is 5.09. The molecular weight excluding hydrogens is 422 g/mol. The number of esters is 2. The summed E-state index contributed by atoms with van der Waals surface area (Å²) in [7, 11) is -4.72. The summed E-state index contributed by atoms with van der Waals surface area (Å²) in [5.41, 5.74) is 0. The molecule has 7 atom stereocenters. The molecule has 0 aliphatic carbocycles. The van der Waals surface area contributed by atoms with Crippen molar-refractivity contribution in [2.75, 3.05) is 6.61 Å². The summed E-state index contributed by atoms with van der Waals surface area (Å²) in [5.74, 6) is -2.25. The van der Waals surface area contributed by atoms with Crippen LogP contribution in [0.1, 0.15) is 27.7 Å². The Labute approximate surface area is 174 Å². The van der Waals surface area contributed by atoms with E-state index in [9.17, 15) is 23.4 Å². The maximum Gasteiger partial charge on any atom is 0.529 e. The maximum absolute atomic E-state index is 14.7. The van der Waals surface area contributed by atoms with E-state index in [1.165, 1.54) is 12.1 Å². The fraction of sp³-hybridized carbons (Fsp3) is 0.579. The number of phosphoric acid groups is 1. The minimum Gasteiger partial charge on any atom is -0.463 e. The van der Waals surface area contributed by atoms with E-state index in [1.807, 2.05) is 0 Å². The molecule has 1 fully saturated rings. The zero-order chi connectivity index (χ0) is 22.5. The van der Waals surface area contributed by atoms with Gasteiger partial charge in [0.25, 0.3) is 0 Å². The molecule has 168 valence electrons. The third-order valence-electron chi connectivity index (χ3n) is 4.73. The Hall–Kier alpha value is -2.00. The van der Waals surface area contributed by atoms with Gasteiger partial charge >= 0.3 is 19.8 Å². The van der Waals surface area contributed by atoms with Crippen LogP contribution in [0.2, 0.25) is 0 Å². The van der Waals surface area contributed by atoms with Gasteiger partial charge in [0, 0.05) is 19.8 Å². The van der Waals surface area contributed by atoms with Gasteiger partial charge in [0.15, 0.2) is 12.3 Å². The van der Waals surface area contributed by atoms with E-state index in [-0.39, 0.29) is 5.75 Å². The van der Waals surface area contributed by atoms with Crippen LogP contribution in [-0.2, 0) is 32.9 Å². The van der Waals surface area contributed by atoms with Gasteiger partial charge in [-0.25, -0.2) is 13.5 Å². The highest BCUT2D eigenvalue weighted by atomic mass is 31.2. The van der Waals surface area contributed by atoms with Crippen molar-refractivity contribution in [3.8, 4) is 5.75 Å². The van der Waals surface area contributed by atoms with E-state index in [0.717, 1.165) is 13.8 Å². The van der Waals surface area contributed by atoms with Gasteiger partial charge in [0.2, 0.25) is 6.29 Å². The van der Waals surface area contributed by atoms with Gasteiger partial charge in [0.05, 0.1) is 6.10 Å². The molecule has 2 rings (SSSR count). The Kier molecular flexibility index (Phi) is 8.37. The fourth-order valence-electron chi connectivity index (χ4n) is 3.12. The largest absolute Gasteiger partial charge is 0.529 e. The average Bonchev–Trinajstić information content (AvgIpc) is 2.65. The Morgan fingerprint density at radius 2 is 1.80 bits per heavy atom. The molecule has 1 aromatic carbocycles. The van der Waals surface area contributed by atoms with Crippen molar-refractivity contribution >= 4 is 19.8 Å². The summed E-state index contributed by atoms with van der Waals surface area (Å²) < 4.78 is 52.8. The second-order valence-corrected chi connectivity index (χ2v) is 8.39. The van der Waals surface area contributed by atoms with Crippen molar-refractivity contribution in [1.82, 2.24) is 0 Å². The SMILES string of the molecule is CC(=O)OC[C@H](F)C1O[C@@H](OP(=O)(O)Oc2ccccc2)C(OC(C)=O)[C@@H](C)[C@@H]1C. The molecule has 0 spiro atoms. The lowest BCUT2D eigenvalue weighted by atomic mass is 9.82. The van der Waals surface area contributed by atoms with Crippen molar-refractivity contribution in [3.05, 3.63) is 30.3 Å². The smallest absolute Gasteiger partial charge is 0.463 e. The quantitative estimate of drug-likeness (QED) is 0.473. The van der Waals surface area contributed by atoms with Crippen LogP contribution in [0, 0.1) is 11.8 Å². The standard InChI is InChI=1S/C19H26FO9P/c1-11-12(2)18(26-14(4)22)19(27-17(11)16(20)10-25-13(3)21)29-30(23,24)28-15-8-6-5-7-9-15/h5-9,11-12,16-19H,10H2,1-4H3,(H,23,24)/t11-,12-,16-,17?,18?,19-/m0/s1. The van der Waals surface area contributed by atoms with Crippen LogP contribution in [0.15, 0.2) is 30.3 Å². The maximum atomic E-state index is 14.7. The Morgan fingerprint density at radius 1 is 1.17 bits per heavy atom. The van der Waals surface area contributed by atoms with Gasteiger partial charge < -0.3 is 18.7 Å². The number of hydrogen-bond donors (Lipinski definition) is 1. The molecule has 0 bridgehead atoms. The third kappa shape index (κ3) is 6.77. The molecule has 0 amide bonds. The zero-order valence-electron chi connectivity index (χ0n) is 17.1. The number of rotatable bonds is 8. The van der Waals surface area contributed by atoms with Crippen LogP contribution < -0.4 is 4.52 Å². The number of carbonyl (C=O) groups is 2. The minimum absolute atomic E-state index is 0.0689. The van der Waals surface area contributed by atoms with E-state index < -0.39 is 62.9 Å². The summed E-state index contributed by atoms with van der Waals surface area (Å²) in [5, 5.41) is 0. The van der Waals surface area contributed by atoms with E-state index >= 15 is 0 Å². The van der Waals surface area contributed by atoms with E-state index in [4.69, 9.17) is 23.3 Å². The average molecular weight is 448 g/mol. The number of benzene rings is 1. The van der Waals surface area contributed by atoms with Crippen molar-refractivity contribution in [1.29, 1.82) is 0 Å². The third-order valence-corrected chi connectivity index (χ3v) is 5.65. The summed E-state index contributed by atoms with van der Waals surface area (Å²) in [6, 6.07) is 7.77. The van der Waals surface area contributed by atoms with Gasteiger partial charge in [-0.05, 0) is 18.1 Å². The number of hydrogen-bond acceptors (Lipinski definition) is 8. The molecule has 1 aromatic rings. The molecule has 0 aromatic heterocycles. The first-order chi connectivity index (χ1) is 14.0. The van der Waals surface area contributed by atoms with Gasteiger partial charge in [0.1, 0.15) is 12.4 Å². The highest BCUT2D eigenvalue weighted by molar-refractivity contribution is 7.47. The number of halogens is 1. The normalized spacial score (nSPS) is 29.3. The molecular formula is C19H26FO9P. The molecule has 30 heavy (non-hydrogen) atoms. The Morgan fingerprint density at radius 3 is 2.37 bits per heavy atom. The highest BCUT2D eigenvalue weighted by Crippen LogP contribution is 2.48. The number of phosphoric ester groups is 1. The molecule has 1 heterocycles. The zero-order valence-corrected chi connectivity index (χ0v) is 18.0. The van der Waals surface area contributed by atoms with Crippen LogP contribution in [0.4, 0.5) is 4.39 Å². The minimum atomic E-state index is -4.72. The van der Waals surface area contributed by atoms with Crippen molar-refractivity contribution in [2.45, 2.75) is 52.4 Å². The summed E-state index contributed by atoms with van der Waals surface area (Å²) in [4.78, 5) is 32.7. The van der Waals surface area contributed by atoms with Crippen LogP contribution in [0.25, 0.3) is 0 Å². The molecule has 11 heteroatoms. The van der Waals surface area contributed by atoms with Crippen LogP contribution in [-0.4, -0.2) is 48.1 Å². The first kappa shape index (κ1) is 24.3. The van der Waals surface area contributed by atoms with Crippen molar-refractivity contribution in [3.63, 3.8) is 0 Å². The predicted octanol–water partition coefficient (Wildman–Crippen LogP) is 3.01. The van der Waals surface area contributed by atoms with Crippen molar-refractivity contribution < 1.29 is 46.7 Å². The van der Waals surface area contributed by atoms with E-state index in [2.05, 4.69) is 0 Å². The first-order valence-electron chi connectivity index (χ1n) is 9.36. The van der Waals surface area contributed by atoms with Crippen LogP contribution >= 0.6 is 7.82 Å². The molecule has 0 radical (unpaired) electrons. The molecule has 1 aliphatic rings. The number of carbonyl (C=O) groups excluding carboxylic acids is 2. The number of para-hydroxylation sites is 1.